The Morgan fingerprint density at radius 1 is 1.05 bits per heavy atom. The SMILES string of the molecule is CCn1cc(-c2cnc(N)c(-c3ccc(NC(=O)c4cc(C)c(C#N)n(-c5ccc(F)cc5)c4=O)cc3F)c2)cn1. The minimum Gasteiger partial charge on any atom is -0.383 e. The maximum atomic E-state index is 15.3. The number of carbonyl (C=O) groups is 1. The lowest BCUT2D eigenvalue weighted by Gasteiger charge is -2.14. The van der Waals surface area contributed by atoms with Gasteiger partial charge in [0.05, 0.1) is 11.9 Å². The number of rotatable bonds is 6. The van der Waals surface area contributed by atoms with Crippen molar-refractivity contribution in [3.8, 4) is 34.0 Å². The van der Waals surface area contributed by atoms with Crippen LogP contribution in [0.4, 0.5) is 20.3 Å². The summed E-state index contributed by atoms with van der Waals surface area (Å²) in [5.74, 6) is -1.87. The minimum absolute atomic E-state index is 0.00373. The lowest BCUT2D eigenvalue weighted by Crippen LogP contribution is -2.30. The summed E-state index contributed by atoms with van der Waals surface area (Å²) in [6, 6.07) is 14.0. The van der Waals surface area contributed by atoms with Gasteiger partial charge in [0, 0.05) is 46.9 Å². The van der Waals surface area contributed by atoms with Crippen LogP contribution in [-0.2, 0) is 6.54 Å². The molecule has 0 radical (unpaired) electrons. The smallest absolute Gasteiger partial charge is 0.269 e. The van der Waals surface area contributed by atoms with Crippen LogP contribution in [-0.4, -0.2) is 25.2 Å². The van der Waals surface area contributed by atoms with Crippen molar-refractivity contribution in [1.82, 2.24) is 19.3 Å². The molecule has 0 aliphatic carbocycles. The number of nitrogens with one attached hydrogen (secondary N) is 1. The molecule has 204 valence electrons. The molecule has 5 aromatic rings. The number of hydrogen-bond donors (Lipinski definition) is 2. The van der Waals surface area contributed by atoms with Crippen molar-refractivity contribution in [3.63, 3.8) is 0 Å². The average Bonchev–Trinajstić information content (AvgIpc) is 3.44. The average molecular weight is 552 g/mol. The number of anilines is 2. The maximum absolute atomic E-state index is 15.3. The molecule has 0 atom stereocenters. The molecule has 0 aliphatic heterocycles. The molecule has 0 bridgehead atoms. The highest BCUT2D eigenvalue weighted by molar-refractivity contribution is 6.04. The molecule has 3 N–H and O–H groups in total. The number of pyridine rings is 2. The fraction of sp³-hybridized carbons (Fsp3) is 0.100. The molecule has 0 spiro atoms. The lowest BCUT2D eigenvalue weighted by molar-refractivity contribution is 0.102. The Balaban J connectivity index is 1.46. The highest BCUT2D eigenvalue weighted by Crippen LogP contribution is 2.32. The predicted molar refractivity (Wildman–Crippen MR) is 150 cm³/mol. The molecule has 0 saturated heterocycles. The zero-order valence-corrected chi connectivity index (χ0v) is 22.0. The normalized spacial score (nSPS) is 10.8. The third kappa shape index (κ3) is 5.18. The van der Waals surface area contributed by atoms with E-state index in [0.29, 0.717) is 23.2 Å². The van der Waals surface area contributed by atoms with Crippen molar-refractivity contribution in [2.75, 3.05) is 11.1 Å². The first kappa shape index (κ1) is 27.0. The third-order valence-corrected chi connectivity index (χ3v) is 6.55. The van der Waals surface area contributed by atoms with Crippen LogP contribution in [0, 0.1) is 29.9 Å². The number of amides is 1. The standard InChI is InChI=1S/C30H23F2N7O2/c1-3-38-16-19(15-36-38)18-11-24(28(34)35-14-18)23-9-6-21(12-26(23)32)37-29(40)25-10-17(2)27(13-33)39(30(25)41)22-7-4-20(31)5-8-22/h4-12,14-16H,3H2,1-2H3,(H2,34,35)(H,37,40). The van der Waals surface area contributed by atoms with Crippen LogP contribution in [0.3, 0.4) is 0 Å². The van der Waals surface area contributed by atoms with Gasteiger partial charge in [0.2, 0.25) is 0 Å². The largest absolute Gasteiger partial charge is 0.383 e. The van der Waals surface area contributed by atoms with Gasteiger partial charge in [-0.3, -0.25) is 18.8 Å². The summed E-state index contributed by atoms with van der Waals surface area (Å²) in [4.78, 5) is 30.6. The second kappa shape index (κ2) is 10.9. The second-order valence-corrected chi connectivity index (χ2v) is 9.21. The van der Waals surface area contributed by atoms with E-state index in [-0.39, 0.29) is 34.0 Å². The fourth-order valence-electron chi connectivity index (χ4n) is 4.43. The summed E-state index contributed by atoms with van der Waals surface area (Å²) in [7, 11) is 0. The van der Waals surface area contributed by atoms with Crippen LogP contribution in [0.1, 0.15) is 28.5 Å². The van der Waals surface area contributed by atoms with Crippen molar-refractivity contribution >= 4 is 17.4 Å². The van der Waals surface area contributed by atoms with E-state index in [9.17, 15) is 19.2 Å². The van der Waals surface area contributed by atoms with Gasteiger partial charge in [-0.05, 0) is 74.0 Å². The monoisotopic (exact) mass is 551 g/mol. The van der Waals surface area contributed by atoms with Gasteiger partial charge in [-0.15, -0.1) is 0 Å². The van der Waals surface area contributed by atoms with Gasteiger partial charge in [0.25, 0.3) is 11.5 Å². The lowest BCUT2D eigenvalue weighted by atomic mass is 10.0. The number of aryl methyl sites for hydroxylation is 2. The molecule has 2 aromatic carbocycles. The van der Waals surface area contributed by atoms with Crippen molar-refractivity contribution in [1.29, 1.82) is 5.26 Å². The summed E-state index contributed by atoms with van der Waals surface area (Å²) in [5, 5.41) is 16.4. The first-order chi connectivity index (χ1) is 19.7. The van der Waals surface area contributed by atoms with Gasteiger partial charge in [0.1, 0.15) is 34.8 Å². The summed E-state index contributed by atoms with van der Waals surface area (Å²) in [6.45, 7) is 4.23. The number of benzene rings is 2. The summed E-state index contributed by atoms with van der Waals surface area (Å²) in [6.07, 6.45) is 5.12. The fourth-order valence-corrected chi connectivity index (χ4v) is 4.43. The van der Waals surface area contributed by atoms with Crippen LogP contribution in [0.5, 0.6) is 0 Å². The predicted octanol–water partition coefficient (Wildman–Crippen LogP) is 5.08. The number of nitrogens with zero attached hydrogens (tertiary/aromatic N) is 5. The van der Waals surface area contributed by atoms with Gasteiger partial charge in [0.15, 0.2) is 0 Å². The van der Waals surface area contributed by atoms with Gasteiger partial charge in [-0.2, -0.15) is 10.4 Å². The van der Waals surface area contributed by atoms with Crippen molar-refractivity contribution in [2.24, 2.45) is 0 Å². The molecule has 9 nitrogen and oxygen atoms in total. The zero-order chi connectivity index (χ0) is 29.3. The number of nitrogen functional groups attached to an aromatic ring is 1. The molecule has 0 fully saturated rings. The van der Waals surface area contributed by atoms with E-state index >= 15 is 4.39 Å². The topological polar surface area (TPSA) is 132 Å². The zero-order valence-electron chi connectivity index (χ0n) is 22.0. The Morgan fingerprint density at radius 2 is 1.80 bits per heavy atom. The second-order valence-electron chi connectivity index (χ2n) is 9.21. The Hall–Kier alpha value is -5.63. The van der Waals surface area contributed by atoms with Gasteiger partial charge < -0.3 is 11.1 Å². The molecule has 3 heterocycles. The molecule has 5 rings (SSSR count). The highest BCUT2D eigenvalue weighted by atomic mass is 19.1. The van der Waals surface area contributed by atoms with E-state index in [0.717, 1.165) is 28.3 Å². The van der Waals surface area contributed by atoms with Gasteiger partial charge in [-0.1, -0.05) is 0 Å². The van der Waals surface area contributed by atoms with E-state index in [1.807, 2.05) is 19.2 Å². The molecular weight excluding hydrogens is 528 g/mol. The van der Waals surface area contributed by atoms with Crippen LogP contribution in [0.15, 0.2) is 78.0 Å². The molecule has 3 aromatic heterocycles. The Kier molecular flexibility index (Phi) is 7.14. The number of hydrogen-bond acceptors (Lipinski definition) is 6. The maximum Gasteiger partial charge on any atom is 0.269 e. The van der Waals surface area contributed by atoms with E-state index in [2.05, 4.69) is 15.4 Å². The summed E-state index contributed by atoms with van der Waals surface area (Å²) >= 11 is 0. The quantitative estimate of drug-likeness (QED) is 0.303. The van der Waals surface area contributed by atoms with Gasteiger partial charge >= 0.3 is 0 Å². The Bertz CT molecular complexity index is 1900. The van der Waals surface area contributed by atoms with E-state index < -0.39 is 23.1 Å². The molecule has 1 amide bonds. The van der Waals surface area contributed by atoms with Crippen molar-refractivity contribution in [2.45, 2.75) is 20.4 Å². The number of carbonyl (C=O) groups excluding carboxylic acids is 1. The first-order valence-electron chi connectivity index (χ1n) is 12.5. The molecule has 0 unspecified atom stereocenters. The van der Waals surface area contributed by atoms with E-state index in [4.69, 9.17) is 5.73 Å². The summed E-state index contributed by atoms with van der Waals surface area (Å²) in [5.41, 5.74) is 7.74. The van der Waals surface area contributed by atoms with Crippen LogP contribution < -0.4 is 16.6 Å². The van der Waals surface area contributed by atoms with Crippen LogP contribution in [0.2, 0.25) is 0 Å². The summed E-state index contributed by atoms with van der Waals surface area (Å²) < 4.78 is 31.6. The number of nitriles is 1. The molecule has 41 heavy (non-hydrogen) atoms. The Morgan fingerprint density at radius 3 is 2.46 bits per heavy atom. The van der Waals surface area contributed by atoms with Crippen molar-refractivity contribution < 1.29 is 13.6 Å². The van der Waals surface area contributed by atoms with E-state index in [1.165, 1.54) is 30.3 Å². The van der Waals surface area contributed by atoms with Crippen LogP contribution in [0.25, 0.3) is 27.9 Å². The van der Waals surface area contributed by atoms with E-state index in [1.54, 1.807) is 30.1 Å². The Labute approximate surface area is 233 Å². The van der Waals surface area contributed by atoms with Crippen molar-refractivity contribution in [3.05, 3.63) is 112 Å². The third-order valence-electron chi connectivity index (χ3n) is 6.55. The van der Waals surface area contributed by atoms with Gasteiger partial charge in [-0.25, -0.2) is 13.8 Å². The molecule has 0 saturated carbocycles. The number of aromatic nitrogens is 4. The molecule has 0 aliphatic rings. The highest BCUT2D eigenvalue weighted by Gasteiger charge is 2.20. The number of halogens is 2. The first-order valence-corrected chi connectivity index (χ1v) is 12.5. The molecular formula is C30H23F2N7O2. The van der Waals surface area contributed by atoms with Crippen LogP contribution >= 0.6 is 0 Å². The molecule has 11 heteroatoms. The number of nitrogens with two attached hydrogens (primary N) is 1. The minimum atomic E-state index is -0.804.